The van der Waals surface area contributed by atoms with E-state index in [1.807, 2.05) is 0 Å². The van der Waals surface area contributed by atoms with Gasteiger partial charge in [0.2, 0.25) is 7.37 Å². The van der Waals surface area contributed by atoms with Crippen LogP contribution in [0.3, 0.4) is 0 Å². The number of nitro groups is 2. The van der Waals surface area contributed by atoms with Gasteiger partial charge in [0.05, 0.1) is 6.61 Å². The zero-order valence-corrected chi connectivity index (χ0v) is 11.6. The van der Waals surface area contributed by atoms with Gasteiger partial charge in [0.25, 0.3) is 11.1 Å². The van der Waals surface area contributed by atoms with Crippen LogP contribution < -0.4 is 0 Å². The molecule has 1 heterocycles. The van der Waals surface area contributed by atoms with Crippen LogP contribution in [-0.4, -0.2) is 45.7 Å². The Morgan fingerprint density at radius 3 is 1.89 bits per heavy atom. The fourth-order valence-electron chi connectivity index (χ4n) is 2.14. The SMILES string of the molecule is C[C@]1([N+](=O)[O-])CP(=O)(OCCCl)C[C@]1(C)[N+](=O)[O-]. The molecule has 1 aliphatic rings. The van der Waals surface area contributed by atoms with Gasteiger partial charge in [-0.15, -0.1) is 11.6 Å². The number of hydrogen-bond donors (Lipinski definition) is 0. The molecule has 0 radical (unpaired) electrons. The van der Waals surface area contributed by atoms with Gasteiger partial charge in [-0.2, -0.15) is 0 Å². The summed E-state index contributed by atoms with van der Waals surface area (Å²) in [5.41, 5.74) is -3.81. The van der Waals surface area contributed by atoms with E-state index in [4.69, 9.17) is 16.1 Å². The lowest BCUT2D eigenvalue weighted by atomic mass is 9.84. The Hall–Kier alpha value is -0.720. The Morgan fingerprint density at radius 1 is 1.22 bits per heavy atom. The minimum atomic E-state index is -3.41. The third kappa shape index (κ3) is 2.24. The molecule has 0 spiro atoms. The van der Waals surface area contributed by atoms with Gasteiger partial charge in [-0.05, 0) is 0 Å². The molecule has 0 aromatic carbocycles. The zero-order chi connectivity index (χ0) is 14.2. The predicted molar refractivity (Wildman–Crippen MR) is 64.8 cm³/mol. The highest BCUT2D eigenvalue weighted by Crippen LogP contribution is 2.61. The normalized spacial score (nSPS) is 34.4. The monoisotopic (exact) mass is 300 g/mol. The van der Waals surface area contributed by atoms with Crippen molar-refractivity contribution in [1.82, 2.24) is 0 Å². The summed E-state index contributed by atoms with van der Waals surface area (Å²) in [4.78, 5) is 20.7. The molecule has 0 N–H and O–H groups in total. The molecule has 104 valence electrons. The van der Waals surface area contributed by atoms with Crippen molar-refractivity contribution >= 4 is 19.0 Å². The van der Waals surface area contributed by atoms with E-state index in [2.05, 4.69) is 0 Å². The van der Waals surface area contributed by atoms with Crippen molar-refractivity contribution in [2.75, 3.05) is 24.8 Å². The first kappa shape index (κ1) is 15.3. The number of rotatable bonds is 5. The number of hydrogen-bond acceptors (Lipinski definition) is 6. The molecule has 8 nitrogen and oxygen atoms in total. The fourth-order valence-corrected chi connectivity index (χ4v) is 5.83. The Kier molecular flexibility index (Phi) is 4.05. The van der Waals surface area contributed by atoms with Crippen LogP contribution in [0.4, 0.5) is 0 Å². The van der Waals surface area contributed by atoms with Crippen molar-refractivity contribution in [2.24, 2.45) is 0 Å². The maximum Gasteiger partial charge on any atom is 0.297 e. The average molecular weight is 301 g/mol. The van der Waals surface area contributed by atoms with E-state index >= 15 is 0 Å². The summed E-state index contributed by atoms with van der Waals surface area (Å²) in [6.07, 6.45) is -0.886. The number of nitrogens with zero attached hydrogens (tertiary/aromatic N) is 2. The molecule has 0 amide bonds. The summed E-state index contributed by atoms with van der Waals surface area (Å²) >= 11 is 5.40. The molecule has 1 fully saturated rings. The van der Waals surface area contributed by atoms with Gasteiger partial charge in [0, 0.05) is 29.6 Å². The summed E-state index contributed by atoms with van der Waals surface area (Å²) in [5, 5.41) is 22.2. The molecule has 0 bridgehead atoms. The molecule has 18 heavy (non-hydrogen) atoms. The Labute approximate surface area is 108 Å². The van der Waals surface area contributed by atoms with E-state index < -0.39 is 40.6 Å². The quantitative estimate of drug-likeness (QED) is 0.330. The van der Waals surface area contributed by atoms with Gasteiger partial charge in [0.1, 0.15) is 12.3 Å². The van der Waals surface area contributed by atoms with E-state index in [9.17, 15) is 24.8 Å². The number of halogens is 1. The van der Waals surface area contributed by atoms with Crippen LogP contribution >= 0.6 is 19.0 Å². The predicted octanol–water partition coefficient (Wildman–Crippen LogP) is 1.60. The van der Waals surface area contributed by atoms with Gasteiger partial charge >= 0.3 is 0 Å². The molecule has 0 aromatic heterocycles. The van der Waals surface area contributed by atoms with Crippen LogP contribution in [-0.2, 0) is 9.09 Å². The molecule has 0 saturated carbocycles. The second-order valence-electron chi connectivity index (χ2n) is 4.71. The lowest BCUT2D eigenvalue weighted by Gasteiger charge is -2.24. The molecule has 1 saturated heterocycles. The number of alkyl halides is 1. The topological polar surface area (TPSA) is 113 Å². The molecular formula is C8H14ClN2O6P. The fraction of sp³-hybridized carbons (Fsp3) is 1.00. The van der Waals surface area contributed by atoms with Crippen molar-refractivity contribution < 1.29 is 18.9 Å². The largest absolute Gasteiger partial charge is 0.327 e. The highest BCUT2D eigenvalue weighted by atomic mass is 35.5. The van der Waals surface area contributed by atoms with Crippen LogP contribution in [0.1, 0.15) is 13.8 Å². The first-order chi connectivity index (χ1) is 8.11. The first-order valence-corrected chi connectivity index (χ1v) is 7.72. The highest BCUT2D eigenvalue weighted by molar-refractivity contribution is 7.59. The van der Waals surface area contributed by atoms with Crippen LogP contribution in [0.2, 0.25) is 0 Å². The van der Waals surface area contributed by atoms with E-state index in [0.29, 0.717) is 0 Å². The lowest BCUT2D eigenvalue weighted by Crippen LogP contribution is -2.59. The van der Waals surface area contributed by atoms with Crippen molar-refractivity contribution in [1.29, 1.82) is 0 Å². The van der Waals surface area contributed by atoms with E-state index in [0.717, 1.165) is 13.8 Å². The molecule has 0 aromatic rings. The molecular weight excluding hydrogens is 287 g/mol. The summed E-state index contributed by atoms with van der Waals surface area (Å²) < 4.78 is 17.4. The van der Waals surface area contributed by atoms with E-state index in [-0.39, 0.29) is 12.5 Å². The van der Waals surface area contributed by atoms with Crippen LogP contribution in [0.5, 0.6) is 0 Å². The third-order valence-corrected chi connectivity index (χ3v) is 6.47. The molecule has 10 heteroatoms. The van der Waals surface area contributed by atoms with Crippen molar-refractivity contribution in [3.63, 3.8) is 0 Å². The summed E-state index contributed by atoms with van der Waals surface area (Å²) in [6.45, 7) is 2.24. The Bertz CT molecular complexity index is 400. The van der Waals surface area contributed by atoms with Crippen LogP contribution in [0.15, 0.2) is 0 Å². The summed E-state index contributed by atoms with van der Waals surface area (Å²) in [6, 6.07) is 0. The molecule has 2 atom stereocenters. The zero-order valence-electron chi connectivity index (χ0n) is 10.00. The standard InChI is InChI=1S/C8H14ClN2O6P/c1-7(10(12)13)5-18(16,17-4-3-9)6-8(7,2)11(14)15/h3-6H2,1-2H3/t7-,8-/m0/s1. The minimum absolute atomic E-state index is 0.0412. The first-order valence-electron chi connectivity index (χ1n) is 5.19. The smallest absolute Gasteiger partial charge is 0.297 e. The lowest BCUT2D eigenvalue weighted by molar-refractivity contribution is -0.668. The van der Waals surface area contributed by atoms with Gasteiger partial charge in [-0.3, -0.25) is 24.8 Å². The maximum atomic E-state index is 12.3. The van der Waals surface area contributed by atoms with E-state index in [1.165, 1.54) is 0 Å². The molecule has 0 unspecified atom stereocenters. The van der Waals surface area contributed by atoms with Crippen molar-refractivity contribution in [3.05, 3.63) is 20.2 Å². The van der Waals surface area contributed by atoms with E-state index in [1.54, 1.807) is 0 Å². The summed E-state index contributed by atoms with van der Waals surface area (Å²) in [7, 11) is -3.41. The third-order valence-electron chi connectivity index (χ3n) is 3.47. The Morgan fingerprint density at radius 2 is 1.61 bits per heavy atom. The average Bonchev–Trinajstić information content (AvgIpc) is 2.46. The maximum absolute atomic E-state index is 12.3. The van der Waals surface area contributed by atoms with Crippen LogP contribution in [0, 0.1) is 20.2 Å². The second-order valence-corrected chi connectivity index (χ2v) is 7.61. The van der Waals surface area contributed by atoms with Crippen molar-refractivity contribution in [3.8, 4) is 0 Å². The second kappa shape index (κ2) is 4.75. The molecule has 1 rings (SSSR count). The summed E-state index contributed by atoms with van der Waals surface area (Å²) in [5.74, 6) is 0.0777. The van der Waals surface area contributed by atoms with Crippen LogP contribution in [0.25, 0.3) is 0 Å². The van der Waals surface area contributed by atoms with Gasteiger partial charge in [-0.25, -0.2) is 0 Å². The van der Waals surface area contributed by atoms with Gasteiger partial charge in [0.15, 0.2) is 0 Å². The van der Waals surface area contributed by atoms with Gasteiger partial charge in [-0.1, -0.05) is 0 Å². The minimum Gasteiger partial charge on any atom is -0.327 e. The van der Waals surface area contributed by atoms with Crippen molar-refractivity contribution in [2.45, 2.75) is 24.9 Å². The molecule has 1 aliphatic heterocycles. The molecule has 0 aliphatic carbocycles. The highest BCUT2D eigenvalue weighted by Gasteiger charge is 2.74. The Balaban J connectivity index is 3.16. The van der Waals surface area contributed by atoms with Gasteiger partial charge < -0.3 is 4.52 Å².